The SMILES string of the molecule is CC(C)(C)OC(=O)N1C[C@@H](Cn2ccnc2)Cc2ccccc21. The first kappa shape index (κ1) is 15.6. The summed E-state index contributed by atoms with van der Waals surface area (Å²) in [5, 5.41) is 0. The van der Waals surface area contributed by atoms with Crippen LogP contribution in [-0.2, 0) is 17.7 Å². The molecule has 1 atom stereocenters. The van der Waals surface area contributed by atoms with Crippen LogP contribution in [0, 0.1) is 5.92 Å². The molecule has 0 unspecified atom stereocenters. The summed E-state index contributed by atoms with van der Waals surface area (Å²) < 4.78 is 7.65. The molecule has 1 amide bonds. The van der Waals surface area contributed by atoms with Crippen molar-refractivity contribution in [1.29, 1.82) is 0 Å². The van der Waals surface area contributed by atoms with Gasteiger partial charge in [0.2, 0.25) is 0 Å². The fraction of sp³-hybridized carbons (Fsp3) is 0.444. The van der Waals surface area contributed by atoms with Crippen molar-refractivity contribution < 1.29 is 9.53 Å². The Labute approximate surface area is 136 Å². The number of fused-ring (bicyclic) bond motifs is 1. The lowest BCUT2D eigenvalue weighted by atomic mass is 9.92. The van der Waals surface area contributed by atoms with Crippen LogP contribution in [0.1, 0.15) is 26.3 Å². The number of carbonyl (C=O) groups excluding carboxylic acids is 1. The quantitative estimate of drug-likeness (QED) is 0.852. The van der Waals surface area contributed by atoms with Gasteiger partial charge in [-0.3, -0.25) is 4.90 Å². The van der Waals surface area contributed by atoms with Crippen molar-refractivity contribution in [1.82, 2.24) is 9.55 Å². The summed E-state index contributed by atoms with van der Waals surface area (Å²) in [6.45, 7) is 7.18. The van der Waals surface area contributed by atoms with Crippen molar-refractivity contribution in [3.63, 3.8) is 0 Å². The Morgan fingerprint density at radius 3 is 2.83 bits per heavy atom. The highest BCUT2D eigenvalue weighted by Crippen LogP contribution is 2.31. The summed E-state index contributed by atoms with van der Waals surface area (Å²) in [6, 6.07) is 8.07. The van der Waals surface area contributed by atoms with Crippen molar-refractivity contribution in [2.45, 2.75) is 39.3 Å². The molecule has 122 valence electrons. The van der Waals surface area contributed by atoms with E-state index in [-0.39, 0.29) is 6.09 Å². The van der Waals surface area contributed by atoms with Gasteiger partial charge >= 0.3 is 6.09 Å². The lowest BCUT2D eigenvalue weighted by Gasteiger charge is -2.35. The highest BCUT2D eigenvalue weighted by atomic mass is 16.6. The third kappa shape index (κ3) is 3.73. The average molecular weight is 313 g/mol. The van der Waals surface area contributed by atoms with E-state index in [1.807, 2.05) is 51.5 Å². The maximum Gasteiger partial charge on any atom is 0.414 e. The van der Waals surface area contributed by atoms with Crippen LogP contribution in [0.25, 0.3) is 0 Å². The number of hydrogen-bond acceptors (Lipinski definition) is 3. The zero-order chi connectivity index (χ0) is 16.4. The summed E-state index contributed by atoms with van der Waals surface area (Å²) in [7, 11) is 0. The molecular weight excluding hydrogens is 290 g/mol. The Kier molecular flexibility index (Phi) is 4.11. The lowest BCUT2D eigenvalue weighted by molar-refractivity contribution is 0.0570. The fourth-order valence-electron chi connectivity index (χ4n) is 2.98. The molecule has 0 radical (unpaired) electrons. The predicted octanol–water partition coefficient (Wildman–Crippen LogP) is 3.50. The zero-order valence-corrected chi connectivity index (χ0v) is 13.9. The Morgan fingerprint density at radius 1 is 1.35 bits per heavy atom. The molecule has 5 heteroatoms. The summed E-state index contributed by atoms with van der Waals surface area (Å²) in [4.78, 5) is 18.5. The first-order valence-electron chi connectivity index (χ1n) is 7.96. The molecule has 0 spiro atoms. The standard InChI is InChI=1S/C18H23N3O2/c1-18(2,3)23-17(22)21-12-14(11-20-9-8-19-13-20)10-15-6-4-5-7-16(15)21/h4-9,13-14H,10-12H2,1-3H3/t14-/m1/s1. The van der Waals surface area contributed by atoms with E-state index in [1.54, 1.807) is 11.1 Å². The molecule has 0 saturated carbocycles. The van der Waals surface area contributed by atoms with Gasteiger partial charge in [-0.15, -0.1) is 0 Å². The highest BCUT2D eigenvalue weighted by Gasteiger charge is 2.31. The normalized spacial score (nSPS) is 17.7. The summed E-state index contributed by atoms with van der Waals surface area (Å²) in [6.07, 6.45) is 6.23. The van der Waals surface area contributed by atoms with Crippen LogP contribution in [0.3, 0.4) is 0 Å². The fourth-order valence-corrected chi connectivity index (χ4v) is 2.98. The molecule has 23 heavy (non-hydrogen) atoms. The largest absolute Gasteiger partial charge is 0.443 e. The smallest absolute Gasteiger partial charge is 0.414 e. The van der Waals surface area contributed by atoms with Crippen LogP contribution in [0.15, 0.2) is 43.0 Å². The van der Waals surface area contributed by atoms with Crippen LogP contribution in [0.2, 0.25) is 0 Å². The number of anilines is 1. The predicted molar refractivity (Wildman–Crippen MR) is 89.4 cm³/mol. The van der Waals surface area contributed by atoms with Crippen molar-refractivity contribution in [2.24, 2.45) is 5.92 Å². The number of aromatic nitrogens is 2. The van der Waals surface area contributed by atoms with Crippen molar-refractivity contribution in [3.05, 3.63) is 48.5 Å². The zero-order valence-electron chi connectivity index (χ0n) is 13.9. The number of ether oxygens (including phenoxy) is 1. The van der Waals surface area contributed by atoms with Gasteiger partial charge in [0, 0.05) is 25.5 Å². The third-order valence-corrected chi connectivity index (χ3v) is 3.87. The van der Waals surface area contributed by atoms with Gasteiger partial charge in [0.05, 0.1) is 12.0 Å². The minimum Gasteiger partial charge on any atom is -0.443 e. The van der Waals surface area contributed by atoms with Crippen molar-refractivity contribution in [2.75, 3.05) is 11.4 Å². The number of carbonyl (C=O) groups is 1. The molecule has 0 fully saturated rings. The van der Waals surface area contributed by atoms with Crippen LogP contribution in [0.4, 0.5) is 10.5 Å². The molecule has 1 aromatic heterocycles. The Hall–Kier alpha value is -2.30. The Bertz CT molecular complexity index is 674. The second-order valence-corrected chi connectivity index (χ2v) is 7.05. The van der Waals surface area contributed by atoms with Crippen LogP contribution >= 0.6 is 0 Å². The number of nitrogens with zero attached hydrogens (tertiary/aromatic N) is 3. The van der Waals surface area contributed by atoms with E-state index >= 15 is 0 Å². The van der Waals surface area contributed by atoms with Crippen LogP contribution in [0.5, 0.6) is 0 Å². The molecule has 2 heterocycles. The van der Waals surface area contributed by atoms with Crippen LogP contribution < -0.4 is 4.90 Å². The van der Waals surface area contributed by atoms with E-state index in [0.717, 1.165) is 18.7 Å². The number of amides is 1. The number of rotatable bonds is 2. The maximum absolute atomic E-state index is 12.6. The van der Waals surface area contributed by atoms with E-state index in [2.05, 4.69) is 15.6 Å². The van der Waals surface area contributed by atoms with Gasteiger partial charge in [0.15, 0.2) is 0 Å². The number of para-hydroxylation sites is 1. The number of hydrogen-bond donors (Lipinski definition) is 0. The average Bonchev–Trinajstić information content (AvgIpc) is 2.97. The van der Waals surface area contributed by atoms with E-state index < -0.39 is 5.60 Å². The monoisotopic (exact) mass is 313 g/mol. The molecule has 2 aromatic rings. The molecular formula is C18H23N3O2. The molecule has 5 nitrogen and oxygen atoms in total. The first-order valence-corrected chi connectivity index (χ1v) is 7.96. The van der Waals surface area contributed by atoms with Gasteiger partial charge in [-0.05, 0) is 44.7 Å². The second-order valence-electron chi connectivity index (χ2n) is 7.05. The first-order chi connectivity index (χ1) is 10.9. The second kappa shape index (κ2) is 6.07. The summed E-state index contributed by atoms with van der Waals surface area (Å²) >= 11 is 0. The van der Waals surface area contributed by atoms with Crippen molar-refractivity contribution >= 4 is 11.8 Å². The molecule has 0 N–H and O–H groups in total. The molecule has 0 bridgehead atoms. The minimum absolute atomic E-state index is 0.278. The summed E-state index contributed by atoms with van der Waals surface area (Å²) in [5.41, 5.74) is 1.65. The molecule has 1 aromatic carbocycles. The van der Waals surface area contributed by atoms with Gasteiger partial charge in [-0.25, -0.2) is 9.78 Å². The van der Waals surface area contributed by atoms with Gasteiger partial charge in [-0.2, -0.15) is 0 Å². The molecule has 1 aliphatic rings. The highest BCUT2D eigenvalue weighted by molar-refractivity contribution is 5.89. The third-order valence-electron chi connectivity index (χ3n) is 3.87. The lowest BCUT2D eigenvalue weighted by Crippen LogP contribution is -2.43. The van der Waals surface area contributed by atoms with E-state index in [0.29, 0.717) is 12.5 Å². The van der Waals surface area contributed by atoms with Gasteiger partial charge in [-0.1, -0.05) is 18.2 Å². The Morgan fingerprint density at radius 2 is 2.13 bits per heavy atom. The molecule has 0 aliphatic carbocycles. The van der Waals surface area contributed by atoms with Gasteiger partial charge in [0.25, 0.3) is 0 Å². The molecule has 0 saturated heterocycles. The Balaban J connectivity index is 1.83. The van der Waals surface area contributed by atoms with Gasteiger partial charge < -0.3 is 9.30 Å². The summed E-state index contributed by atoms with van der Waals surface area (Å²) in [5.74, 6) is 0.339. The molecule has 1 aliphatic heterocycles. The molecule has 3 rings (SSSR count). The number of benzene rings is 1. The van der Waals surface area contributed by atoms with Crippen LogP contribution in [-0.4, -0.2) is 27.8 Å². The van der Waals surface area contributed by atoms with E-state index in [4.69, 9.17) is 4.74 Å². The van der Waals surface area contributed by atoms with Gasteiger partial charge in [0.1, 0.15) is 5.60 Å². The van der Waals surface area contributed by atoms with E-state index in [9.17, 15) is 4.79 Å². The van der Waals surface area contributed by atoms with Crippen molar-refractivity contribution in [3.8, 4) is 0 Å². The topological polar surface area (TPSA) is 47.4 Å². The number of imidazole rings is 1. The maximum atomic E-state index is 12.6. The minimum atomic E-state index is -0.497. The van der Waals surface area contributed by atoms with E-state index in [1.165, 1.54) is 5.56 Å².